The van der Waals surface area contributed by atoms with Gasteiger partial charge in [0.2, 0.25) is 0 Å². The second kappa shape index (κ2) is 5.14. The number of pyridine rings is 1. The Balaban J connectivity index is 0.00000128. The molecule has 1 aromatic carbocycles. The molecule has 0 radical (unpaired) electrons. The van der Waals surface area contributed by atoms with Crippen LogP contribution in [0.25, 0.3) is 10.9 Å². The van der Waals surface area contributed by atoms with Gasteiger partial charge in [0.1, 0.15) is 5.82 Å². The van der Waals surface area contributed by atoms with Crippen molar-refractivity contribution in [3.05, 3.63) is 35.4 Å². The lowest BCUT2D eigenvalue weighted by atomic mass is 10.1. The van der Waals surface area contributed by atoms with Crippen LogP contribution in [-0.2, 0) is 6.42 Å². The third kappa shape index (κ3) is 2.26. The molecule has 0 spiro atoms. The maximum absolute atomic E-state index is 5.43. The van der Waals surface area contributed by atoms with Crippen LogP contribution < -0.4 is 11.3 Å². The van der Waals surface area contributed by atoms with Gasteiger partial charge in [-0.25, -0.2) is 10.8 Å². The van der Waals surface area contributed by atoms with E-state index in [2.05, 4.69) is 42.5 Å². The summed E-state index contributed by atoms with van der Waals surface area (Å²) in [6, 6.07) is 8.36. The molecule has 0 fully saturated rings. The fourth-order valence-electron chi connectivity index (χ4n) is 1.73. The van der Waals surface area contributed by atoms with E-state index >= 15 is 0 Å². The number of hydrogen-bond acceptors (Lipinski definition) is 3. The smallest absolute Gasteiger partial charge is 0.143 e. The van der Waals surface area contributed by atoms with Gasteiger partial charge in [-0.15, -0.1) is 12.4 Å². The van der Waals surface area contributed by atoms with Gasteiger partial charge in [-0.1, -0.05) is 18.6 Å². The summed E-state index contributed by atoms with van der Waals surface area (Å²) in [6.07, 6.45) is 0.927. The molecule has 0 amide bonds. The molecule has 3 nitrogen and oxygen atoms in total. The SMILES string of the molecule is CCc1cc2cc(C)ccc2nc1NN.Cl. The van der Waals surface area contributed by atoms with Crippen LogP contribution in [0.1, 0.15) is 18.1 Å². The number of anilines is 1. The van der Waals surface area contributed by atoms with Crippen molar-refractivity contribution in [3.63, 3.8) is 0 Å². The zero-order valence-corrected chi connectivity index (χ0v) is 10.3. The first-order valence-electron chi connectivity index (χ1n) is 5.11. The van der Waals surface area contributed by atoms with E-state index in [1.165, 1.54) is 10.9 Å². The van der Waals surface area contributed by atoms with Crippen molar-refractivity contribution in [1.82, 2.24) is 4.98 Å². The van der Waals surface area contributed by atoms with Crippen LogP contribution in [-0.4, -0.2) is 4.98 Å². The molecule has 0 atom stereocenters. The summed E-state index contributed by atoms with van der Waals surface area (Å²) in [6.45, 7) is 4.18. The lowest BCUT2D eigenvalue weighted by Crippen LogP contribution is -2.11. The molecule has 2 aromatic rings. The predicted octanol–water partition coefficient (Wildman–Crippen LogP) is 2.81. The largest absolute Gasteiger partial charge is 0.308 e. The van der Waals surface area contributed by atoms with Gasteiger partial charge in [0.25, 0.3) is 0 Å². The van der Waals surface area contributed by atoms with Gasteiger partial charge in [0.05, 0.1) is 5.52 Å². The number of aromatic nitrogens is 1. The van der Waals surface area contributed by atoms with Gasteiger partial charge < -0.3 is 5.43 Å². The van der Waals surface area contributed by atoms with Gasteiger partial charge in [0.15, 0.2) is 0 Å². The first-order valence-corrected chi connectivity index (χ1v) is 5.11. The fourth-order valence-corrected chi connectivity index (χ4v) is 1.73. The Hall–Kier alpha value is -1.32. The van der Waals surface area contributed by atoms with E-state index in [1.807, 2.05) is 6.07 Å². The van der Waals surface area contributed by atoms with E-state index in [1.54, 1.807) is 0 Å². The highest BCUT2D eigenvalue weighted by Crippen LogP contribution is 2.21. The Kier molecular flexibility index (Phi) is 4.10. The monoisotopic (exact) mass is 237 g/mol. The quantitative estimate of drug-likeness (QED) is 0.624. The molecule has 0 aliphatic heterocycles. The van der Waals surface area contributed by atoms with Crippen molar-refractivity contribution >= 4 is 29.1 Å². The van der Waals surface area contributed by atoms with Crippen molar-refractivity contribution in [3.8, 4) is 0 Å². The second-order valence-electron chi connectivity index (χ2n) is 3.69. The summed E-state index contributed by atoms with van der Waals surface area (Å²) < 4.78 is 0. The Morgan fingerprint density at radius 2 is 2.06 bits per heavy atom. The van der Waals surface area contributed by atoms with Gasteiger partial charge >= 0.3 is 0 Å². The molecule has 4 heteroatoms. The maximum Gasteiger partial charge on any atom is 0.143 e. The summed E-state index contributed by atoms with van der Waals surface area (Å²) in [5.74, 6) is 6.21. The molecule has 3 N–H and O–H groups in total. The Labute approximate surface area is 101 Å². The van der Waals surface area contributed by atoms with Crippen molar-refractivity contribution < 1.29 is 0 Å². The second-order valence-corrected chi connectivity index (χ2v) is 3.69. The van der Waals surface area contributed by atoms with E-state index in [0.29, 0.717) is 0 Å². The van der Waals surface area contributed by atoms with E-state index < -0.39 is 0 Å². The number of hydrazine groups is 1. The molecule has 1 heterocycles. The van der Waals surface area contributed by atoms with Crippen molar-refractivity contribution in [1.29, 1.82) is 0 Å². The third-order valence-corrected chi connectivity index (χ3v) is 2.57. The van der Waals surface area contributed by atoms with Crippen LogP contribution in [0.4, 0.5) is 5.82 Å². The molecule has 0 unspecified atom stereocenters. The summed E-state index contributed by atoms with van der Waals surface area (Å²) in [5, 5.41) is 1.17. The highest BCUT2D eigenvalue weighted by molar-refractivity contribution is 5.85. The average molecular weight is 238 g/mol. The number of halogens is 1. The van der Waals surface area contributed by atoms with Crippen molar-refractivity contribution in [2.45, 2.75) is 20.3 Å². The Bertz CT molecular complexity index is 497. The molecule has 0 saturated carbocycles. The molecule has 0 bridgehead atoms. The standard InChI is InChI=1S/C12H15N3.ClH/c1-3-9-7-10-6-8(2)4-5-11(10)14-12(9)15-13;/h4-7H,3,13H2,1-2H3,(H,14,15);1H. The van der Waals surface area contributed by atoms with E-state index in [9.17, 15) is 0 Å². The van der Waals surface area contributed by atoms with Crippen LogP contribution in [0, 0.1) is 6.92 Å². The first-order chi connectivity index (χ1) is 7.24. The minimum absolute atomic E-state index is 0. The lowest BCUT2D eigenvalue weighted by Gasteiger charge is -2.08. The van der Waals surface area contributed by atoms with Gasteiger partial charge in [-0.2, -0.15) is 0 Å². The molecular weight excluding hydrogens is 222 g/mol. The maximum atomic E-state index is 5.43. The zero-order valence-electron chi connectivity index (χ0n) is 9.45. The minimum atomic E-state index is 0. The Morgan fingerprint density at radius 3 is 2.69 bits per heavy atom. The fraction of sp³-hybridized carbons (Fsp3) is 0.250. The van der Waals surface area contributed by atoms with E-state index in [4.69, 9.17) is 5.84 Å². The minimum Gasteiger partial charge on any atom is -0.308 e. The van der Waals surface area contributed by atoms with Crippen LogP contribution in [0.15, 0.2) is 24.3 Å². The number of nitrogens with zero attached hydrogens (tertiary/aromatic N) is 1. The molecule has 0 saturated heterocycles. The van der Waals surface area contributed by atoms with Crippen molar-refractivity contribution in [2.24, 2.45) is 5.84 Å². The van der Waals surface area contributed by atoms with Crippen LogP contribution in [0.5, 0.6) is 0 Å². The number of nitrogens with two attached hydrogens (primary N) is 1. The van der Waals surface area contributed by atoms with E-state index in [-0.39, 0.29) is 12.4 Å². The summed E-state index contributed by atoms with van der Waals surface area (Å²) in [7, 11) is 0. The van der Waals surface area contributed by atoms with Gasteiger partial charge in [-0.3, -0.25) is 0 Å². The van der Waals surface area contributed by atoms with Crippen LogP contribution in [0.2, 0.25) is 0 Å². The molecule has 86 valence electrons. The predicted molar refractivity (Wildman–Crippen MR) is 70.9 cm³/mol. The number of hydrogen-bond donors (Lipinski definition) is 2. The number of rotatable bonds is 2. The number of benzene rings is 1. The molecule has 2 rings (SSSR count). The number of fused-ring (bicyclic) bond motifs is 1. The van der Waals surface area contributed by atoms with Gasteiger partial charge in [-0.05, 0) is 37.1 Å². The number of aryl methyl sites for hydroxylation is 2. The highest BCUT2D eigenvalue weighted by atomic mass is 35.5. The normalized spacial score (nSPS) is 9.94. The molecule has 0 aliphatic carbocycles. The van der Waals surface area contributed by atoms with E-state index in [0.717, 1.165) is 23.3 Å². The molecule has 16 heavy (non-hydrogen) atoms. The summed E-state index contributed by atoms with van der Waals surface area (Å²) >= 11 is 0. The van der Waals surface area contributed by atoms with Crippen LogP contribution in [0.3, 0.4) is 0 Å². The molecule has 1 aromatic heterocycles. The zero-order chi connectivity index (χ0) is 10.8. The molecule has 0 aliphatic rings. The third-order valence-electron chi connectivity index (χ3n) is 2.57. The average Bonchev–Trinajstić information content (AvgIpc) is 2.27. The topological polar surface area (TPSA) is 50.9 Å². The first kappa shape index (κ1) is 12.7. The number of nitrogen functional groups attached to an aromatic ring is 1. The summed E-state index contributed by atoms with van der Waals surface area (Å²) in [5.41, 5.74) is 6.02. The summed E-state index contributed by atoms with van der Waals surface area (Å²) in [4.78, 5) is 4.47. The number of nitrogens with one attached hydrogen (secondary N) is 1. The van der Waals surface area contributed by atoms with Crippen molar-refractivity contribution in [2.75, 3.05) is 5.43 Å². The van der Waals surface area contributed by atoms with Crippen LogP contribution >= 0.6 is 12.4 Å². The lowest BCUT2D eigenvalue weighted by molar-refractivity contribution is 1.10. The molecular formula is C12H16ClN3. The van der Waals surface area contributed by atoms with Gasteiger partial charge in [0, 0.05) is 5.39 Å². The highest BCUT2D eigenvalue weighted by Gasteiger charge is 2.03. The Morgan fingerprint density at radius 1 is 1.31 bits per heavy atom.